The zero-order valence-corrected chi connectivity index (χ0v) is 18.3. The molecule has 1 atom stereocenters. The smallest absolute Gasteiger partial charge is 0.305 e. The van der Waals surface area contributed by atoms with E-state index in [1.54, 1.807) is 36.0 Å². The Hall–Kier alpha value is -2.75. The maximum atomic E-state index is 12.4. The summed E-state index contributed by atoms with van der Waals surface area (Å²) in [5, 5.41) is 7.88. The Balaban J connectivity index is 2.49. The summed E-state index contributed by atoms with van der Waals surface area (Å²) in [6, 6.07) is 5.76. The van der Waals surface area contributed by atoms with Crippen LogP contribution < -0.4 is 20.7 Å². The predicted molar refractivity (Wildman–Crippen MR) is 115 cm³/mol. The van der Waals surface area contributed by atoms with Crippen LogP contribution in [0.15, 0.2) is 24.3 Å². The largest absolute Gasteiger partial charge is 0.497 e. The van der Waals surface area contributed by atoms with Crippen molar-refractivity contribution in [2.24, 2.45) is 0 Å². The Labute approximate surface area is 180 Å². The fourth-order valence-electron chi connectivity index (χ4n) is 2.42. The first-order valence-electron chi connectivity index (χ1n) is 9.46. The van der Waals surface area contributed by atoms with Crippen LogP contribution in [0.3, 0.4) is 0 Å². The molecular weight excluding hydrogens is 410 g/mol. The number of nitrogens with one attached hydrogen (secondary N) is 3. The van der Waals surface area contributed by atoms with E-state index in [2.05, 4.69) is 20.7 Å². The van der Waals surface area contributed by atoms with E-state index in [0.717, 1.165) is 0 Å². The number of benzene rings is 1. The van der Waals surface area contributed by atoms with Gasteiger partial charge in [0.15, 0.2) is 0 Å². The molecule has 166 valence electrons. The number of amides is 3. The molecule has 0 bridgehead atoms. The van der Waals surface area contributed by atoms with Crippen LogP contribution in [-0.2, 0) is 19.1 Å². The van der Waals surface area contributed by atoms with E-state index in [9.17, 15) is 19.2 Å². The summed E-state index contributed by atoms with van der Waals surface area (Å²) >= 11 is 1.56. The molecule has 1 aromatic rings. The summed E-state index contributed by atoms with van der Waals surface area (Å²) in [6.07, 6.45) is 3.00. The van der Waals surface area contributed by atoms with Crippen molar-refractivity contribution in [3.8, 4) is 5.75 Å². The van der Waals surface area contributed by atoms with Crippen LogP contribution in [0.4, 0.5) is 0 Å². The summed E-state index contributed by atoms with van der Waals surface area (Å²) in [5.74, 6) is -0.238. The van der Waals surface area contributed by atoms with Gasteiger partial charge in [-0.1, -0.05) is 0 Å². The SMILES string of the molecule is COC(=O)CCCNC(=O)C(CCSC)NC(=O)CNC(=O)c1ccc(OC)cc1. The Morgan fingerprint density at radius 1 is 1.07 bits per heavy atom. The second-order valence-corrected chi connectivity index (χ2v) is 7.27. The molecule has 0 aromatic heterocycles. The molecule has 1 unspecified atom stereocenters. The van der Waals surface area contributed by atoms with Crippen LogP contribution in [0, 0.1) is 0 Å². The van der Waals surface area contributed by atoms with E-state index in [4.69, 9.17) is 4.74 Å². The van der Waals surface area contributed by atoms with Crippen molar-refractivity contribution in [1.82, 2.24) is 16.0 Å². The number of methoxy groups -OCH3 is 2. The van der Waals surface area contributed by atoms with Crippen LogP contribution in [0.5, 0.6) is 5.75 Å². The highest BCUT2D eigenvalue weighted by atomic mass is 32.2. The van der Waals surface area contributed by atoms with Gasteiger partial charge in [-0.15, -0.1) is 0 Å². The van der Waals surface area contributed by atoms with Crippen LogP contribution >= 0.6 is 11.8 Å². The van der Waals surface area contributed by atoms with Gasteiger partial charge in [-0.25, -0.2) is 0 Å². The van der Waals surface area contributed by atoms with Gasteiger partial charge in [0.05, 0.1) is 20.8 Å². The molecule has 0 saturated heterocycles. The van der Waals surface area contributed by atoms with Crippen molar-refractivity contribution in [3.05, 3.63) is 29.8 Å². The second kappa shape index (κ2) is 14.3. The molecule has 0 aliphatic rings. The Morgan fingerprint density at radius 2 is 1.77 bits per heavy atom. The third-order valence-corrected chi connectivity index (χ3v) is 4.75. The number of hydrogen-bond donors (Lipinski definition) is 3. The predicted octanol–water partition coefficient (Wildman–Crippen LogP) is 0.732. The standard InChI is InChI=1S/C20H29N3O6S/c1-28-15-8-6-14(7-9-15)19(26)22-13-17(24)23-16(10-12-30-3)20(27)21-11-4-5-18(25)29-2/h6-9,16H,4-5,10-13H2,1-3H3,(H,21,27)(H,22,26)(H,23,24). The number of esters is 1. The van der Waals surface area contributed by atoms with Crippen molar-refractivity contribution >= 4 is 35.5 Å². The van der Waals surface area contributed by atoms with Gasteiger partial charge in [-0.2, -0.15) is 11.8 Å². The van der Waals surface area contributed by atoms with Crippen molar-refractivity contribution in [2.45, 2.75) is 25.3 Å². The summed E-state index contributed by atoms with van der Waals surface area (Å²) in [7, 11) is 2.84. The lowest BCUT2D eigenvalue weighted by atomic mass is 10.2. The molecule has 0 heterocycles. The zero-order chi connectivity index (χ0) is 22.4. The van der Waals surface area contributed by atoms with Crippen LogP contribution in [0.25, 0.3) is 0 Å². The van der Waals surface area contributed by atoms with Crippen molar-refractivity contribution < 1.29 is 28.7 Å². The molecular formula is C20H29N3O6S. The molecule has 0 aliphatic carbocycles. The zero-order valence-electron chi connectivity index (χ0n) is 17.5. The Kier molecular flexibility index (Phi) is 12.0. The van der Waals surface area contributed by atoms with E-state index in [0.29, 0.717) is 36.5 Å². The number of hydrogen-bond acceptors (Lipinski definition) is 7. The van der Waals surface area contributed by atoms with Crippen LogP contribution in [-0.4, -0.2) is 69.1 Å². The van der Waals surface area contributed by atoms with Crippen molar-refractivity contribution in [1.29, 1.82) is 0 Å². The number of rotatable bonds is 13. The monoisotopic (exact) mass is 439 g/mol. The highest BCUT2D eigenvalue weighted by Crippen LogP contribution is 2.11. The molecule has 10 heteroatoms. The molecule has 1 aromatic carbocycles. The molecule has 0 saturated carbocycles. The Bertz CT molecular complexity index is 711. The van der Waals surface area contributed by atoms with Crippen molar-refractivity contribution in [2.75, 3.05) is 39.3 Å². The highest BCUT2D eigenvalue weighted by Gasteiger charge is 2.20. The first-order chi connectivity index (χ1) is 14.4. The number of carbonyl (C=O) groups excluding carboxylic acids is 4. The van der Waals surface area contributed by atoms with Crippen LogP contribution in [0.1, 0.15) is 29.6 Å². The van der Waals surface area contributed by atoms with E-state index in [-0.39, 0.29) is 24.8 Å². The maximum absolute atomic E-state index is 12.4. The van der Waals surface area contributed by atoms with Gasteiger partial charge >= 0.3 is 5.97 Å². The minimum absolute atomic E-state index is 0.204. The summed E-state index contributed by atoms with van der Waals surface area (Å²) < 4.78 is 9.59. The normalized spacial score (nSPS) is 11.2. The van der Waals surface area contributed by atoms with Gasteiger partial charge in [0.2, 0.25) is 11.8 Å². The minimum Gasteiger partial charge on any atom is -0.497 e. The minimum atomic E-state index is -0.721. The molecule has 0 radical (unpaired) electrons. The average molecular weight is 440 g/mol. The van der Waals surface area contributed by atoms with E-state index >= 15 is 0 Å². The van der Waals surface area contributed by atoms with E-state index in [1.807, 2.05) is 6.26 Å². The molecule has 0 fully saturated rings. The third-order valence-electron chi connectivity index (χ3n) is 4.11. The van der Waals surface area contributed by atoms with Gasteiger partial charge in [-0.3, -0.25) is 19.2 Å². The average Bonchev–Trinajstić information content (AvgIpc) is 2.77. The van der Waals surface area contributed by atoms with Crippen molar-refractivity contribution in [3.63, 3.8) is 0 Å². The molecule has 0 aliphatic heterocycles. The molecule has 30 heavy (non-hydrogen) atoms. The number of carbonyl (C=O) groups is 4. The lowest BCUT2D eigenvalue weighted by Crippen LogP contribution is -2.50. The van der Waals surface area contributed by atoms with Gasteiger partial charge in [0.1, 0.15) is 11.8 Å². The van der Waals surface area contributed by atoms with Gasteiger partial charge in [-0.05, 0) is 49.1 Å². The van der Waals surface area contributed by atoms with Crippen LogP contribution in [0.2, 0.25) is 0 Å². The maximum Gasteiger partial charge on any atom is 0.305 e. The first kappa shape index (κ1) is 25.3. The molecule has 9 nitrogen and oxygen atoms in total. The fourth-order valence-corrected chi connectivity index (χ4v) is 2.90. The van der Waals surface area contributed by atoms with E-state index in [1.165, 1.54) is 14.2 Å². The Morgan fingerprint density at radius 3 is 2.37 bits per heavy atom. The van der Waals surface area contributed by atoms with Gasteiger partial charge in [0, 0.05) is 18.5 Å². The third kappa shape index (κ3) is 9.64. The summed E-state index contributed by atoms with van der Waals surface area (Å²) in [6.45, 7) is 0.0457. The first-order valence-corrected chi connectivity index (χ1v) is 10.9. The lowest BCUT2D eigenvalue weighted by molar-refractivity contribution is -0.140. The molecule has 3 amide bonds. The molecule has 1 rings (SSSR count). The summed E-state index contributed by atoms with van der Waals surface area (Å²) in [4.78, 5) is 47.8. The van der Waals surface area contributed by atoms with Gasteiger partial charge in [0.25, 0.3) is 5.91 Å². The second-order valence-electron chi connectivity index (χ2n) is 6.28. The number of thioether (sulfide) groups is 1. The lowest BCUT2D eigenvalue weighted by Gasteiger charge is -2.18. The number of ether oxygens (including phenoxy) is 2. The molecule has 3 N–H and O–H groups in total. The van der Waals surface area contributed by atoms with E-state index < -0.39 is 17.9 Å². The summed E-state index contributed by atoms with van der Waals surface area (Å²) in [5.41, 5.74) is 0.394. The fraction of sp³-hybridized carbons (Fsp3) is 0.500. The highest BCUT2D eigenvalue weighted by molar-refractivity contribution is 7.98. The van der Waals surface area contributed by atoms with Gasteiger partial charge < -0.3 is 25.4 Å². The quantitative estimate of drug-likeness (QED) is 0.306. The molecule has 0 spiro atoms. The topological polar surface area (TPSA) is 123 Å².